The lowest BCUT2D eigenvalue weighted by atomic mass is 10.0. The van der Waals surface area contributed by atoms with Gasteiger partial charge >= 0.3 is 6.18 Å². The minimum Gasteiger partial charge on any atom is -0.382 e. The third kappa shape index (κ3) is 5.66. The summed E-state index contributed by atoms with van der Waals surface area (Å²) >= 11 is 0. The van der Waals surface area contributed by atoms with Crippen molar-refractivity contribution in [2.45, 2.75) is 44.3 Å². The molecule has 1 saturated heterocycles. The maximum absolute atomic E-state index is 13.3. The smallest absolute Gasteiger partial charge is 0.382 e. The second kappa shape index (κ2) is 9.30. The van der Waals surface area contributed by atoms with Gasteiger partial charge in [0, 0.05) is 31.4 Å². The van der Waals surface area contributed by atoms with Crippen molar-refractivity contribution in [2.24, 2.45) is 5.92 Å². The van der Waals surface area contributed by atoms with Gasteiger partial charge in [-0.15, -0.1) is 10.2 Å². The molecule has 0 radical (unpaired) electrons. The first kappa shape index (κ1) is 22.3. The van der Waals surface area contributed by atoms with Gasteiger partial charge in [-0.25, -0.2) is 4.39 Å². The fourth-order valence-electron chi connectivity index (χ4n) is 3.85. The molecule has 1 amide bonds. The zero-order valence-corrected chi connectivity index (χ0v) is 17.5. The molecule has 6 nitrogen and oxygen atoms in total. The fourth-order valence-corrected chi connectivity index (χ4v) is 3.85. The van der Waals surface area contributed by atoms with Crippen LogP contribution in [0.2, 0.25) is 0 Å². The number of halogens is 4. The van der Waals surface area contributed by atoms with Crippen LogP contribution in [0.1, 0.15) is 48.2 Å². The van der Waals surface area contributed by atoms with Gasteiger partial charge in [-0.05, 0) is 55.5 Å². The molecule has 0 spiro atoms. The molecule has 1 aromatic carbocycles. The number of aromatic nitrogens is 2. The quantitative estimate of drug-likeness (QED) is 0.616. The average Bonchev–Trinajstić information content (AvgIpc) is 3.59. The predicted molar refractivity (Wildman–Crippen MR) is 112 cm³/mol. The second-order valence-electron chi connectivity index (χ2n) is 8.36. The Bertz CT molecular complexity index is 938. The van der Waals surface area contributed by atoms with Crippen molar-refractivity contribution >= 4 is 17.4 Å². The van der Waals surface area contributed by atoms with Crippen molar-refractivity contribution in [1.29, 1.82) is 0 Å². The van der Waals surface area contributed by atoms with Crippen LogP contribution in [0.5, 0.6) is 0 Å². The van der Waals surface area contributed by atoms with Gasteiger partial charge in [0.05, 0.1) is 5.56 Å². The lowest BCUT2D eigenvalue weighted by Crippen LogP contribution is -2.40. The number of carbonyl (C=O) groups is 1. The summed E-state index contributed by atoms with van der Waals surface area (Å²) in [5.74, 6) is 0.198. The SMILES string of the molecule is O=C(NCCC1CC1)c1ccc(N2CCC(Nc3ccc(F)cc3C(F)(F)F)CC2)nn1. The molecule has 1 aromatic heterocycles. The summed E-state index contributed by atoms with van der Waals surface area (Å²) in [5, 5.41) is 13.9. The summed E-state index contributed by atoms with van der Waals surface area (Å²) in [5.41, 5.74) is -0.858. The van der Waals surface area contributed by atoms with Crippen LogP contribution in [0.15, 0.2) is 30.3 Å². The van der Waals surface area contributed by atoms with Gasteiger partial charge in [0.2, 0.25) is 0 Å². The molecule has 0 atom stereocenters. The topological polar surface area (TPSA) is 70.2 Å². The zero-order chi connectivity index (χ0) is 22.7. The van der Waals surface area contributed by atoms with Crippen molar-refractivity contribution in [1.82, 2.24) is 15.5 Å². The van der Waals surface area contributed by atoms with E-state index in [-0.39, 0.29) is 23.3 Å². The molecule has 1 saturated carbocycles. The van der Waals surface area contributed by atoms with E-state index in [0.29, 0.717) is 44.4 Å². The first-order valence-electron chi connectivity index (χ1n) is 10.8. The number of hydrogen-bond acceptors (Lipinski definition) is 5. The van der Waals surface area contributed by atoms with Crippen LogP contribution in [0.4, 0.5) is 29.1 Å². The van der Waals surface area contributed by atoms with E-state index in [9.17, 15) is 22.4 Å². The van der Waals surface area contributed by atoms with Crippen molar-refractivity contribution < 1.29 is 22.4 Å². The molecule has 172 valence electrons. The number of alkyl halides is 3. The molecule has 2 heterocycles. The van der Waals surface area contributed by atoms with Crippen LogP contribution in [0.3, 0.4) is 0 Å². The van der Waals surface area contributed by atoms with Gasteiger partial charge in [0.25, 0.3) is 5.91 Å². The minimum atomic E-state index is -4.63. The third-order valence-corrected chi connectivity index (χ3v) is 5.88. The molecule has 2 aliphatic rings. The zero-order valence-electron chi connectivity index (χ0n) is 17.5. The average molecular weight is 451 g/mol. The van der Waals surface area contributed by atoms with Crippen LogP contribution in [-0.2, 0) is 6.18 Å². The predicted octanol–water partition coefficient (Wildman–Crippen LogP) is 4.25. The third-order valence-electron chi connectivity index (χ3n) is 5.88. The van der Waals surface area contributed by atoms with Gasteiger partial charge in [-0.1, -0.05) is 12.8 Å². The van der Waals surface area contributed by atoms with Gasteiger partial charge in [-0.2, -0.15) is 13.2 Å². The van der Waals surface area contributed by atoms with Crippen molar-refractivity contribution in [3.63, 3.8) is 0 Å². The van der Waals surface area contributed by atoms with Crippen molar-refractivity contribution in [2.75, 3.05) is 29.9 Å². The van der Waals surface area contributed by atoms with Crippen LogP contribution in [0, 0.1) is 11.7 Å². The van der Waals surface area contributed by atoms with Gasteiger partial charge in [0.1, 0.15) is 5.82 Å². The monoisotopic (exact) mass is 451 g/mol. The maximum Gasteiger partial charge on any atom is 0.418 e. The highest BCUT2D eigenvalue weighted by molar-refractivity contribution is 5.92. The fraction of sp³-hybridized carbons (Fsp3) is 0.500. The van der Waals surface area contributed by atoms with E-state index in [2.05, 4.69) is 20.8 Å². The largest absolute Gasteiger partial charge is 0.418 e. The number of rotatable bonds is 7. The molecule has 2 N–H and O–H groups in total. The van der Waals surface area contributed by atoms with Gasteiger partial charge in [0.15, 0.2) is 11.5 Å². The first-order chi connectivity index (χ1) is 15.3. The number of carbonyl (C=O) groups excluding carboxylic acids is 1. The minimum absolute atomic E-state index is 0.116. The molecule has 1 aliphatic heterocycles. The molecule has 0 bridgehead atoms. The molecular weight excluding hydrogens is 426 g/mol. The van der Waals surface area contributed by atoms with Crippen molar-refractivity contribution in [3.8, 4) is 0 Å². The summed E-state index contributed by atoms with van der Waals surface area (Å²) in [4.78, 5) is 14.1. The van der Waals surface area contributed by atoms with E-state index < -0.39 is 17.6 Å². The van der Waals surface area contributed by atoms with E-state index in [4.69, 9.17) is 0 Å². The summed E-state index contributed by atoms with van der Waals surface area (Å²) in [6.07, 6.45) is 0.00272. The highest BCUT2D eigenvalue weighted by Gasteiger charge is 2.35. The highest BCUT2D eigenvalue weighted by atomic mass is 19.4. The summed E-state index contributed by atoms with van der Waals surface area (Å²) in [6.45, 7) is 1.78. The Morgan fingerprint density at radius 1 is 1.06 bits per heavy atom. The summed E-state index contributed by atoms with van der Waals surface area (Å²) in [7, 11) is 0. The van der Waals surface area contributed by atoms with E-state index in [1.54, 1.807) is 12.1 Å². The van der Waals surface area contributed by atoms with Gasteiger partial charge in [-0.3, -0.25) is 4.79 Å². The molecule has 32 heavy (non-hydrogen) atoms. The maximum atomic E-state index is 13.3. The van der Waals surface area contributed by atoms with E-state index in [1.165, 1.54) is 12.8 Å². The normalized spacial score (nSPS) is 17.3. The number of anilines is 2. The van der Waals surface area contributed by atoms with Crippen LogP contribution >= 0.6 is 0 Å². The first-order valence-corrected chi connectivity index (χ1v) is 10.8. The summed E-state index contributed by atoms with van der Waals surface area (Å²) < 4.78 is 52.9. The van der Waals surface area contributed by atoms with Crippen LogP contribution in [0.25, 0.3) is 0 Å². The van der Waals surface area contributed by atoms with Gasteiger partial charge < -0.3 is 15.5 Å². The lowest BCUT2D eigenvalue weighted by molar-refractivity contribution is -0.137. The van der Waals surface area contributed by atoms with E-state index >= 15 is 0 Å². The van der Waals surface area contributed by atoms with E-state index in [1.807, 2.05) is 4.90 Å². The Balaban J connectivity index is 1.30. The molecule has 2 aromatic rings. The molecule has 2 fully saturated rings. The standard InChI is InChI=1S/C22H25F4N5O/c23-15-3-4-18(17(13-15)22(24,25)26)28-16-8-11-31(12-9-16)20-6-5-19(29-30-20)21(32)27-10-7-14-1-2-14/h3-6,13-14,16,28H,1-2,7-12H2,(H,27,32). The highest BCUT2D eigenvalue weighted by Crippen LogP contribution is 2.36. The number of hydrogen-bond donors (Lipinski definition) is 2. The Hall–Kier alpha value is -2.91. The molecule has 0 unspecified atom stereocenters. The summed E-state index contributed by atoms with van der Waals surface area (Å²) in [6, 6.07) is 5.85. The molecular formula is C22H25F4N5O. The van der Waals surface area contributed by atoms with Crippen molar-refractivity contribution in [3.05, 3.63) is 47.4 Å². The Morgan fingerprint density at radius 3 is 2.44 bits per heavy atom. The molecule has 4 rings (SSSR count). The molecule has 1 aliphatic carbocycles. The number of piperidine rings is 1. The number of nitrogens with zero attached hydrogens (tertiary/aromatic N) is 3. The Labute approximate surface area is 183 Å². The number of benzene rings is 1. The molecule has 10 heteroatoms. The lowest BCUT2D eigenvalue weighted by Gasteiger charge is -2.33. The number of amides is 1. The second-order valence-corrected chi connectivity index (χ2v) is 8.36. The Kier molecular flexibility index (Phi) is 6.48. The van der Waals surface area contributed by atoms with Crippen LogP contribution < -0.4 is 15.5 Å². The Morgan fingerprint density at radius 2 is 1.81 bits per heavy atom. The van der Waals surface area contributed by atoms with Crippen LogP contribution in [-0.4, -0.2) is 41.8 Å². The number of nitrogens with one attached hydrogen (secondary N) is 2. The van der Waals surface area contributed by atoms with E-state index in [0.717, 1.165) is 24.5 Å².